The molecule has 2 aliphatic carbocycles. The molecule has 2 saturated heterocycles. The van der Waals surface area contributed by atoms with E-state index in [1.807, 2.05) is 17.9 Å². The van der Waals surface area contributed by atoms with Crippen LogP contribution in [0.1, 0.15) is 81.2 Å². The van der Waals surface area contributed by atoms with Gasteiger partial charge in [-0.15, -0.1) is 11.3 Å². The van der Waals surface area contributed by atoms with E-state index in [2.05, 4.69) is 46.8 Å². The van der Waals surface area contributed by atoms with Gasteiger partial charge in [-0.1, -0.05) is 11.1 Å². The summed E-state index contributed by atoms with van der Waals surface area (Å²) in [4.78, 5) is 34.9. The number of hydrogen-bond donors (Lipinski definition) is 1. The van der Waals surface area contributed by atoms with Crippen molar-refractivity contribution >= 4 is 28.1 Å². The fraction of sp³-hybridized carbons (Fsp3) is 0.576. The van der Waals surface area contributed by atoms with Crippen molar-refractivity contribution in [1.82, 2.24) is 29.9 Å². The molecule has 0 aromatic carbocycles. The number of carbonyl (C=O) groups is 1. The van der Waals surface area contributed by atoms with Gasteiger partial charge in [-0.2, -0.15) is 20.2 Å². The number of likely N-dealkylation sites (N-methyl/N-ethyl adjacent to an activating group) is 1. The van der Waals surface area contributed by atoms with Crippen LogP contribution in [-0.4, -0.2) is 86.7 Å². The molecular formula is C33H39N9O3S. The molecule has 1 saturated carbocycles. The van der Waals surface area contributed by atoms with Gasteiger partial charge in [-0.05, 0) is 85.2 Å². The molecule has 4 aliphatic rings. The van der Waals surface area contributed by atoms with Crippen LogP contribution in [0.25, 0.3) is 11.5 Å². The number of nitrogen functional groups attached to an aromatic ring is 1. The van der Waals surface area contributed by atoms with E-state index in [-0.39, 0.29) is 29.6 Å². The van der Waals surface area contributed by atoms with Crippen LogP contribution in [-0.2, 0) is 16.6 Å². The fourth-order valence-electron chi connectivity index (χ4n) is 7.61. The summed E-state index contributed by atoms with van der Waals surface area (Å²) in [6, 6.07) is 4.72. The molecule has 0 unspecified atom stereocenters. The Hall–Kier alpha value is -4.20. The van der Waals surface area contributed by atoms with Crippen LogP contribution >= 0.6 is 11.3 Å². The number of fused-ring (bicyclic) bond motifs is 1. The van der Waals surface area contributed by atoms with E-state index < -0.39 is 5.41 Å². The summed E-state index contributed by atoms with van der Waals surface area (Å²) in [6.45, 7) is 8.65. The molecule has 0 bridgehead atoms. The molecule has 46 heavy (non-hydrogen) atoms. The normalized spacial score (nSPS) is 24.2. The number of nitrogens with two attached hydrogens (primary N) is 1. The Bertz CT molecular complexity index is 1780. The van der Waals surface area contributed by atoms with Crippen molar-refractivity contribution in [2.24, 2.45) is 0 Å². The lowest BCUT2D eigenvalue weighted by Gasteiger charge is -2.42. The summed E-state index contributed by atoms with van der Waals surface area (Å²) < 4.78 is 12.4. The van der Waals surface area contributed by atoms with Crippen molar-refractivity contribution in [3.05, 3.63) is 28.0 Å². The van der Waals surface area contributed by atoms with Gasteiger partial charge in [0.25, 0.3) is 5.91 Å². The Morgan fingerprint density at radius 2 is 2.04 bits per heavy atom. The number of thiophene rings is 1. The van der Waals surface area contributed by atoms with Gasteiger partial charge in [0, 0.05) is 42.2 Å². The molecule has 2 aliphatic heterocycles. The topological polar surface area (TPSA) is 151 Å². The number of piperazine rings is 1. The largest absolute Gasteiger partial charge is 0.459 e. The number of ether oxygens (including phenoxy) is 1. The highest BCUT2D eigenvalue weighted by Crippen LogP contribution is 2.49. The van der Waals surface area contributed by atoms with E-state index in [1.54, 1.807) is 6.92 Å². The van der Waals surface area contributed by atoms with Gasteiger partial charge in [0.15, 0.2) is 0 Å². The van der Waals surface area contributed by atoms with Crippen LogP contribution in [0.3, 0.4) is 0 Å². The van der Waals surface area contributed by atoms with E-state index >= 15 is 0 Å². The molecule has 13 heteroatoms. The summed E-state index contributed by atoms with van der Waals surface area (Å²) in [5, 5.41) is 14.9. The minimum absolute atomic E-state index is 0.118. The molecular weight excluding hydrogens is 602 g/mol. The molecule has 5 heterocycles. The highest BCUT2D eigenvalue weighted by atomic mass is 32.1. The van der Waals surface area contributed by atoms with E-state index in [9.17, 15) is 10.1 Å². The number of amides is 1. The predicted molar refractivity (Wildman–Crippen MR) is 173 cm³/mol. The molecule has 7 rings (SSSR count). The molecule has 12 nitrogen and oxygen atoms in total. The van der Waals surface area contributed by atoms with E-state index in [4.69, 9.17) is 29.9 Å². The molecule has 1 amide bonds. The Kier molecular flexibility index (Phi) is 7.65. The lowest BCUT2D eigenvalue weighted by Crippen LogP contribution is -2.57. The van der Waals surface area contributed by atoms with E-state index in [1.165, 1.54) is 11.3 Å². The predicted octanol–water partition coefficient (Wildman–Crippen LogP) is 3.75. The Morgan fingerprint density at radius 1 is 1.22 bits per heavy atom. The molecule has 3 fully saturated rings. The summed E-state index contributed by atoms with van der Waals surface area (Å²) in [7, 11) is 2.12. The van der Waals surface area contributed by atoms with Crippen LogP contribution in [0.15, 0.2) is 10.6 Å². The van der Waals surface area contributed by atoms with E-state index in [0.29, 0.717) is 53.4 Å². The second-order valence-electron chi connectivity index (χ2n) is 13.2. The monoisotopic (exact) mass is 641 g/mol. The smallest absolute Gasteiger partial charge is 0.319 e. The first-order valence-corrected chi connectivity index (χ1v) is 16.9. The molecule has 3 aromatic heterocycles. The van der Waals surface area contributed by atoms with Gasteiger partial charge < -0.3 is 24.8 Å². The van der Waals surface area contributed by atoms with Gasteiger partial charge in [0.2, 0.25) is 11.7 Å². The second kappa shape index (κ2) is 11.6. The zero-order chi connectivity index (χ0) is 32.2. The van der Waals surface area contributed by atoms with Gasteiger partial charge >= 0.3 is 6.01 Å². The van der Waals surface area contributed by atoms with Crippen molar-refractivity contribution < 1.29 is 14.1 Å². The van der Waals surface area contributed by atoms with E-state index in [0.717, 1.165) is 61.9 Å². The van der Waals surface area contributed by atoms with Crippen LogP contribution in [0.4, 0.5) is 10.8 Å². The van der Waals surface area contributed by atoms with Crippen LogP contribution in [0, 0.1) is 23.2 Å². The molecule has 240 valence electrons. The fourth-order valence-corrected chi connectivity index (χ4v) is 8.80. The number of anilines is 2. The van der Waals surface area contributed by atoms with Crippen LogP contribution < -0.4 is 15.4 Å². The first-order valence-electron chi connectivity index (χ1n) is 16.1. The molecule has 3 aromatic rings. The summed E-state index contributed by atoms with van der Waals surface area (Å²) in [5.74, 6) is 6.82. The zero-order valence-electron chi connectivity index (χ0n) is 26.8. The average molecular weight is 642 g/mol. The van der Waals surface area contributed by atoms with Gasteiger partial charge in [-0.3, -0.25) is 9.69 Å². The Morgan fingerprint density at radius 3 is 2.76 bits per heavy atom. The maximum Gasteiger partial charge on any atom is 0.319 e. The molecule has 1 spiro atoms. The van der Waals surface area contributed by atoms with Crippen molar-refractivity contribution in [2.75, 3.05) is 43.9 Å². The number of carbonyl (C=O) groups excluding carboxylic acids is 1. The number of nitrogens with zero attached hydrogens (tertiary/aromatic N) is 8. The van der Waals surface area contributed by atoms with Crippen molar-refractivity contribution in [3.63, 3.8) is 0 Å². The summed E-state index contributed by atoms with van der Waals surface area (Å²) >= 11 is 1.47. The molecule has 3 atom stereocenters. The van der Waals surface area contributed by atoms with Gasteiger partial charge in [0.05, 0.1) is 16.5 Å². The van der Waals surface area contributed by atoms with Crippen molar-refractivity contribution in [2.45, 2.75) is 88.8 Å². The number of rotatable bonds is 6. The van der Waals surface area contributed by atoms with Crippen molar-refractivity contribution in [3.8, 4) is 35.4 Å². The number of nitriles is 1. The van der Waals surface area contributed by atoms with Crippen molar-refractivity contribution in [1.29, 1.82) is 5.26 Å². The summed E-state index contributed by atoms with van der Waals surface area (Å²) in [5.41, 5.74) is 7.27. The third kappa shape index (κ3) is 5.16. The first kappa shape index (κ1) is 30.5. The second-order valence-corrected chi connectivity index (χ2v) is 14.4. The third-order valence-electron chi connectivity index (χ3n) is 10.3. The standard InChI is InChI=1S/C33H39N9O3S/c1-5-8-26(43)42-16-15-41(19-33(42)12-13-33)25-17-22(36-31(37-25)44-20(2)23-9-7-14-40(23)4)29-38-30(45-39-29)32(3)11-6-10-24-27(32)21(18-34)28(35)46-24/h17,20,23H,6-7,9-16,19,35H2,1-4H3/t20-,23-,32-/m0/s1. The number of aryl methyl sites for hydroxylation is 1. The minimum atomic E-state index is -0.641. The Balaban J connectivity index is 1.24. The van der Waals surface area contributed by atoms with Crippen LogP contribution in [0.2, 0.25) is 0 Å². The summed E-state index contributed by atoms with van der Waals surface area (Å²) in [6.07, 6.45) is 6.48. The lowest BCUT2D eigenvalue weighted by molar-refractivity contribution is -0.128. The number of hydrogen-bond acceptors (Lipinski definition) is 12. The molecule has 2 N–H and O–H groups in total. The zero-order valence-corrected chi connectivity index (χ0v) is 27.6. The first-order chi connectivity index (χ1) is 22.2. The average Bonchev–Trinajstić information content (AvgIpc) is 3.38. The third-order valence-corrected chi connectivity index (χ3v) is 11.3. The molecule has 0 radical (unpaired) electrons. The highest BCUT2D eigenvalue weighted by molar-refractivity contribution is 7.16. The Labute approximate surface area is 272 Å². The highest BCUT2D eigenvalue weighted by Gasteiger charge is 2.53. The van der Waals surface area contributed by atoms with Gasteiger partial charge in [0.1, 0.15) is 28.7 Å². The van der Waals surface area contributed by atoms with Crippen LogP contribution in [0.5, 0.6) is 6.01 Å². The number of aromatic nitrogens is 4. The number of likely N-dealkylation sites (tertiary alicyclic amines) is 1. The van der Waals surface area contributed by atoms with Gasteiger partial charge in [-0.25, -0.2) is 0 Å². The lowest BCUT2D eigenvalue weighted by atomic mass is 9.72. The maximum atomic E-state index is 12.8. The minimum Gasteiger partial charge on any atom is -0.459 e. The SMILES string of the molecule is CC#CC(=O)N1CCN(c2cc(-c3noc([C@@]4(C)CCCc5sc(N)c(C#N)c54)n3)nc(O[C@@H](C)[C@@H]3CCCN3C)n2)CC12CC2. The quantitative estimate of drug-likeness (QED) is 0.392. The maximum absolute atomic E-state index is 12.8.